The van der Waals surface area contributed by atoms with Gasteiger partial charge in [-0.05, 0) is 24.3 Å². The maximum absolute atomic E-state index is 13.3. The van der Waals surface area contributed by atoms with E-state index in [-0.39, 0.29) is 5.69 Å². The smallest absolute Gasteiger partial charge is 0.149 e. The summed E-state index contributed by atoms with van der Waals surface area (Å²) in [6.07, 6.45) is 0. The second kappa shape index (κ2) is 4.14. The maximum atomic E-state index is 13.3. The average molecular weight is 221 g/mol. The lowest BCUT2D eigenvalue weighted by Crippen LogP contribution is -1.98. The summed E-state index contributed by atoms with van der Waals surface area (Å²) < 4.78 is 25.9. The summed E-state index contributed by atoms with van der Waals surface area (Å²) in [5.74, 6) is -0.564. The largest absolute Gasteiger partial charge is 0.384 e. The van der Waals surface area contributed by atoms with E-state index < -0.39 is 11.6 Å². The Morgan fingerprint density at radius 2 is 1.94 bits per heavy atom. The Labute approximate surface area is 90.9 Å². The van der Waals surface area contributed by atoms with Crippen LogP contribution in [-0.2, 0) is 0 Å². The molecule has 0 bridgehead atoms. The Bertz CT molecular complexity index is 514. The van der Waals surface area contributed by atoms with Crippen molar-refractivity contribution in [3.8, 4) is 0 Å². The third-order valence-corrected chi connectivity index (χ3v) is 1.96. The lowest BCUT2D eigenvalue weighted by Gasteiger charge is -2.06. The number of rotatable bonds is 2. The van der Waals surface area contributed by atoms with E-state index in [1.54, 1.807) is 18.2 Å². The van der Waals surface area contributed by atoms with Crippen molar-refractivity contribution >= 4 is 17.3 Å². The molecular formula is C11H9F2N3. The molecule has 3 nitrogen and oxygen atoms in total. The van der Waals surface area contributed by atoms with Gasteiger partial charge in [-0.15, -0.1) is 0 Å². The van der Waals surface area contributed by atoms with Crippen LogP contribution >= 0.6 is 0 Å². The van der Waals surface area contributed by atoms with Gasteiger partial charge in [0.05, 0.1) is 5.69 Å². The van der Waals surface area contributed by atoms with Crippen molar-refractivity contribution in [2.24, 2.45) is 0 Å². The van der Waals surface area contributed by atoms with E-state index in [2.05, 4.69) is 10.3 Å². The minimum atomic E-state index is -0.677. The first kappa shape index (κ1) is 10.4. The normalized spacial score (nSPS) is 10.1. The monoisotopic (exact) mass is 221 g/mol. The fourth-order valence-corrected chi connectivity index (χ4v) is 1.25. The molecular weight excluding hydrogens is 212 g/mol. The molecule has 0 saturated heterocycles. The van der Waals surface area contributed by atoms with Crippen molar-refractivity contribution < 1.29 is 8.78 Å². The SMILES string of the molecule is Nc1cccc(Nc2ccc(F)cc2F)n1. The van der Waals surface area contributed by atoms with E-state index in [4.69, 9.17) is 5.73 Å². The molecule has 2 aromatic rings. The van der Waals surface area contributed by atoms with Crippen molar-refractivity contribution in [3.63, 3.8) is 0 Å². The van der Waals surface area contributed by atoms with E-state index in [1.807, 2.05) is 0 Å². The van der Waals surface area contributed by atoms with E-state index in [9.17, 15) is 8.78 Å². The average Bonchev–Trinajstić information content (AvgIpc) is 2.22. The first-order chi connectivity index (χ1) is 7.65. The van der Waals surface area contributed by atoms with Gasteiger partial charge in [0, 0.05) is 6.07 Å². The summed E-state index contributed by atoms with van der Waals surface area (Å²) in [4.78, 5) is 3.94. The Hall–Kier alpha value is -2.17. The molecule has 82 valence electrons. The number of nitrogens with one attached hydrogen (secondary N) is 1. The number of nitrogen functional groups attached to an aromatic ring is 1. The van der Waals surface area contributed by atoms with Gasteiger partial charge in [0.1, 0.15) is 23.3 Å². The van der Waals surface area contributed by atoms with Gasteiger partial charge in [-0.1, -0.05) is 6.07 Å². The van der Waals surface area contributed by atoms with Gasteiger partial charge in [-0.3, -0.25) is 0 Å². The highest BCUT2D eigenvalue weighted by Crippen LogP contribution is 2.19. The van der Waals surface area contributed by atoms with Gasteiger partial charge in [-0.25, -0.2) is 13.8 Å². The standard InChI is InChI=1S/C11H9F2N3/c12-7-4-5-9(8(13)6-7)15-11-3-1-2-10(14)16-11/h1-6H,(H3,14,15,16). The number of hydrogen-bond acceptors (Lipinski definition) is 3. The zero-order valence-corrected chi connectivity index (χ0v) is 8.24. The molecule has 0 unspecified atom stereocenters. The van der Waals surface area contributed by atoms with E-state index in [0.29, 0.717) is 11.6 Å². The van der Waals surface area contributed by atoms with Crippen molar-refractivity contribution in [3.05, 3.63) is 48.0 Å². The van der Waals surface area contributed by atoms with Gasteiger partial charge in [0.2, 0.25) is 0 Å². The van der Waals surface area contributed by atoms with Crippen molar-refractivity contribution in [2.75, 3.05) is 11.1 Å². The number of aromatic nitrogens is 1. The maximum Gasteiger partial charge on any atom is 0.149 e. The molecule has 0 spiro atoms. The molecule has 1 aromatic heterocycles. The predicted octanol–water partition coefficient (Wildman–Crippen LogP) is 2.69. The number of benzene rings is 1. The number of hydrogen-bond donors (Lipinski definition) is 2. The van der Waals surface area contributed by atoms with Crippen LogP contribution in [0.15, 0.2) is 36.4 Å². The quantitative estimate of drug-likeness (QED) is 0.819. The molecule has 0 fully saturated rings. The number of halogens is 2. The molecule has 1 aromatic carbocycles. The fourth-order valence-electron chi connectivity index (χ4n) is 1.25. The minimum Gasteiger partial charge on any atom is -0.384 e. The molecule has 0 radical (unpaired) electrons. The van der Waals surface area contributed by atoms with E-state index in [0.717, 1.165) is 12.1 Å². The van der Waals surface area contributed by atoms with Crippen LogP contribution in [-0.4, -0.2) is 4.98 Å². The molecule has 1 heterocycles. The molecule has 0 aliphatic heterocycles. The molecule has 2 rings (SSSR count). The van der Waals surface area contributed by atoms with Crippen molar-refractivity contribution in [1.29, 1.82) is 0 Å². The first-order valence-electron chi connectivity index (χ1n) is 4.60. The van der Waals surface area contributed by atoms with Crippen molar-refractivity contribution in [2.45, 2.75) is 0 Å². The van der Waals surface area contributed by atoms with Crippen LogP contribution < -0.4 is 11.1 Å². The van der Waals surface area contributed by atoms with Crippen LogP contribution in [0.3, 0.4) is 0 Å². The highest BCUT2D eigenvalue weighted by molar-refractivity contribution is 5.58. The summed E-state index contributed by atoms with van der Waals surface area (Å²) in [6.45, 7) is 0. The summed E-state index contributed by atoms with van der Waals surface area (Å²) in [6, 6.07) is 8.21. The summed E-state index contributed by atoms with van der Waals surface area (Å²) in [5, 5.41) is 2.71. The van der Waals surface area contributed by atoms with E-state index in [1.165, 1.54) is 6.07 Å². The van der Waals surface area contributed by atoms with E-state index >= 15 is 0 Å². The Morgan fingerprint density at radius 3 is 2.62 bits per heavy atom. The van der Waals surface area contributed by atoms with Crippen LogP contribution in [0.5, 0.6) is 0 Å². The summed E-state index contributed by atoms with van der Waals surface area (Å²) >= 11 is 0. The molecule has 0 aliphatic carbocycles. The molecule has 0 amide bonds. The molecule has 0 saturated carbocycles. The third-order valence-electron chi connectivity index (χ3n) is 1.96. The van der Waals surface area contributed by atoms with Crippen LogP contribution in [0.25, 0.3) is 0 Å². The van der Waals surface area contributed by atoms with Gasteiger partial charge >= 0.3 is 0 Å². The predicted molar refractivity (Wildman–Crippen MR) is 58.3 cm³/mol. The zero-order valence-electron chi connectivity index (χ0n) is 8.24. The van der Waals surface area contributed by atoms with Crippen molar-refractivity contribution in [1.82, 2.24) is 4.98 Å². The highest BCUT2D eigenvalue weighted by atomic mass is 19.1. The second-order valence-electron chi connectivity index (χ2n) is 3.20. The van der Waals surface area contributed by atoms with Crippen LogP contribution in [0.1, 0.15) is 0 Å². The van der Waals surface area contributed by atoms with Gasteiger partial charge < -0.3 is 11.1 Å². The lowest BCUT2D eigenvalue weighted by molar-refractivity contribution is 0.586. The van der Waals surface area contributed by atoms with Crippen LogP contribution in [0.4, 0.5) is 26.1 Å². The second-order valence-corrected chi connectivity index (χ2v) is 3.20. The molecule has 16 heavy (non-hydrogen) atoms. The highest BCUT2D eigenvalue weighted by Gasteiger charge is 2.04. The zero-order chi connectivity index (χ0) is 11.5. The lowest BCUT2D eigenvalue weighted by atomic mass is 10.3. The Balaban J connectivity index is 2.27. The molecule has 3 N–H and O–H groups in total. The third kappa shape index (κ3) is 2.25. The first-order valence-corrected chi connectivity index (χ1v) is 4.60. The fraction of sp³-hybridized carbons (Fsp3) is 0. The molecule has 0 aliphatic rings. The minimum absolute atomic E-state index is 0.152. The topological polar surface area (TPSA) is 50.9 Å². The van der Waals surface area contributed by atoms with Gasteiger partial charge in [-0.2, -0.15) is 0 Å². The number of anilines is 3. The summed E-state index contributed by atoms with van der Waals surface area (Å²) in [5.41, 5.74) is 5.62. The van der Waals surface area contributed by atoms with Gasteiger partial charge in [0.25, 0.3) is 0 Å². The molecule has 5 heteroatoms. The van der Waals surface area contributed by atoms with Crippen LogP contribution in [0.2, 0.25) is 0 Å². The summed E-state index contributed by atoms with van der Waals surface area (Å²) in [7, 11) is 0. The molecule has 0 atom stereocenters. The number of nitrogens with zero attached hydrogens (tertiary/aromatic N) is 1. The Morgan fingerprint density at radius 1 is 1.12 bits per heavy atom. The van der Waals surface area contributed by atoms with Crippen LogP contribution in [0, 0.1) is 11.6 Å². The number of nitrogens with two attached hydrogens (primary N) is 1. The number of pyridine rings is 1. The Kier molecular flexibility index (Phi) is 2.68. The van der Waals surface area contributed by atoms with Gasteiger partial charge in [0.15, 0.2) is 0 Å².